The van der Waals surface area contributed by atoms with Gasteiger partial charge in [-0.25, -0.2) is 4.68 Å². The van der Waals surface area contributed by atoms with E-state index >= 15 is 0 Å². The largest absolute Gasteiger partial charge is 0.457 e. The molecular weight excluding hydrogens is 1900 g/mol. The van der Waals surface area contributed by atoms with Gasteiger partial charge in [0.1, 0.15) is 72.4 Å². The van der Waals surface area contributed by atoms with Crippen LogP contribution in [0.3, 0.4) is 0 Å². The average Bonchev–Trinajstić information content (AvgIpc) is 1.65. The molecule has 0 saturated heterocycles. The van der Waals surface area contributed by atoms with Crippen LogP contribution in [-0.4, -0.2) is 80.5 Å². The number of fused-ring (bicyclic) bond motifs is 6. The summed E-state index contributed by atoms with van der Waals surface area (Å²) >= 11 is 7.79. The number of nitrogens with zero attached hydrogens (tertiary/aromatic N) is 9. The van der Waals surface area contributed by atoms with Crippen molar-refractivity contribution in [3.8, 4) is 46.8 Å². The number of para-hydroxylation sites is 3. The summed E-state index contributed by atoms with van der Waals surface area (Å²) in [5, 5.41) is 20.2. The Morgan fingerprint density at radius 3 is 1.04 bits per heavy atom. The maximum Gasteiger partial charge on any atom is 0.269 e. The number of Topliss-reactive ketones (excluding diaryl/α,β-unsaturated/α-hetero) is 2. The third-order valence-corrected chi connectivity index (χ3v) is 27.7. The SMILES string of the molecule is C#CCNC(=O)Cn1sc2ccccc2c1=O.CC(C(=O)Cc1cccc(Oc2ccccc2)c1)n1sc2ccccc2c1=O.NC(=O)Cn1sc2ccccc2c1=O.O=C(Cc1cccc(Oc2ccccc2)c1)Cn1sc2ccccc2c1=O.O=C(Cn1sc2ccccc2c1=O)NCc1cccc(Oc2ccccc2)c1.O=C(Cn1sc2ccccc2c1=O)NCc1cn(Cc2ccccc2)nn1. The van der Waals surface area contributed by atoms with Crippen molar-refractivity contribution in [2.45, 2.75) is 78.2 Å². The molecule has 7 aromatic heterocycles. The average molecular weight is 1990 g/mol. The van der Waals surface area contributed by atoms with E-state index in [2.05, 4.69) is 32.2 Å². The van der Waals surface area contributed by atoms with Gasteiger partial charge in [0.2, 0.25) is 23.6 Å². The number of aromatic nitrogens is 9. The van der Waals surface area contributed by atoms with Crippen LogP contribution >= 0.6 is 69.2 Å². The van der Waals surface area contributed by atoms with Crippen LogP contribution in [-0.2, 0) is 94.0 Å². The van der Waals surface area contributed by atoms with Crippen LogP contribution in [0.15, 0.2) is 375 Å². The lowest BCUT2D eigenvalue weighted by atomic mass is 10.0. The number of nitrogens with two attached hydrogens (primary N) is 1. The van der Waals surface area contributed by atoms with Crippen molar-refractivity contribution in [1.82, 2.24) is 54.7 Å². The fourth-order valence-corrected chi connectivity index (χ4v) is 20.4. The molecule has 28 nitrogen and oxygen atoms in total. The molecule has 0 spiro atoms. The fraction of sp³-hybridized carbons (Fsp3) is 0.121. The molecule has 7 heterocycles. The summed E-state index contributed by atoms with van der Waals surface area (Å²) in [4.78, 5) is 145. The molecule has 20 rings (SSSR count). The highest BCUT2D eigenvalue weighted by Gasteiger charge is 2.22. The number of hydrogen-bond acceptors (Lipinski definition) is 23. The first-order chi connectivity index (χ1) is 68.6. The maximum absolute atomic E-state index is 12.8. The standard InChI is InChI=1S/C23H19NO3S.C22H18N2O3S.C22H17NO3S.C19H17N5O2S.C12H10N2O2S.C9H8N2O2S/c1-16(24-23(26)20-12-5-6-13-22(20)28-24)21(25)15-17-8-7-11-19(14-17)27-18-9-3-2-4-10-18;25-21(15-24-22(26)19-11-4-5-12-20(19)28-24)23-14-16-7-6-10-18(13-16)27-17-8-2-1-3-9-17;24-17(15-23-22(25)20-11-4-5-12-21(20)27-23)13-16-7-6-10-19(14-16)26-18-8-2-1-3-9-18;25-18(13-24-19(26)16-8-4-5-9-17(16)27-24)20-10-15-12-23(22-21-15)11-14-6-2-1-3-7-14;1-2-7-13-11(15)8-14-12(16)9-5-3-4-6-10(9)17-14;10-8(12)5-11-9(13)6-3-1-2-4-7(6)14-11/h2-14,16H,15H2,1H3;1-13H,14-15H2,(H,23,25);1-12,14H,13,15H2;1-9,12H,10-11,13H2,(H,20,25);1,3-6H,7-8H2,(H,13,15);1-4H,5H2,(H2,10,12). The smallest absolute Gasteiger partial charge is 0.269 e. The number of primary amides is 1. The van der Waals surface area contributed by atoms with Gasteiger partial charge in [0.05, 0.1) is 92.9 Å². The third kappa shape index (κ3) is 27.2. The Hall–Kier alpha value is -16.7. The lowest BCUT2D eigenvalue weighted by Gasteiger charge is -2.11. The number of carbonyl (C=O) groups excluding carboxylic acids is 6. The van der Waals surface area contributed by atoms with Crippen LogP contribution in [0.5, 0.6) is 34.5 Å². The number of carbonyl (C=O) groups is 6. The number of hydrogen-bond donors (Lipinski definition) is 4. The molecule has 0 aliphatic heterocycles. The van der Waals surface area contributed by atoms with Crippen LogP contribution in [0.2, 0.25) is 0 Å². The molecule has 13 aromatic carbocycles. The quantitative estimate of drug-likeness (QED) is 0.0316. The van der Waals surface area contributed by atoms with Crippen molar-refractivity contribution in [3.05, 3.63) is 436 Å². The monoisotopic (exact) mass is 1990 g/mol. The summed E-state index contributed by atoms with van der Waals surface area (Å²) in [7, 11) is 0. The molecule has 20 aromatic rings. The normalized spacial score (nSPS) is 11.0. The first kappa shape index (κ1) is 98.8. The highest BCUT2D eigenvalue weighted by molar-refractivity contribution is 7.15. The number of ketones is 2. The number of benzene rings is 13. The summed E-state index contributed by atoms with van der Waals surface area (Å²) in [6, 6.07) is 105. The topological polar surface area (TPSA) is 355 Å². The van der Waals surface area contributed by atoms with Crippen molar-refractivity contribution in [2.24, 2.45) is 5.73 Å². The van der Waals surface area contributed by atoms with Gasteiger partial charge >= 0.3 is 0 Å². The summed E-state index contributed by atoms with van der Waals surface area (Å²) in [6.07, 6.45) is 7.34. The molecule has 0 saturated carbocycles. The molecule has 34 heteroatoms. The van der Waals surface area contributed by atoms with Crippen molar-refractivity contribution >= 4 is 165 Å². The third-order valence-electron chi connectivity index (χ3n) is 21.1. The number of ether oxygens (including phenoxy) is 3. The second-order valence-corrected chi connectivity index (χ2v) is 37.8. The summed E-state index contributed by atoms with van der Waals surface area (Å²) < 4.78 is 33.3. The Kier molecular flexibility index (Phi) is 33.9. The number of terminal acetylenes is 1. The fourth-order valence-electron chi connectivity index (χ4n) is 14.3. The molecule has 0 aliphatic carbocycles. The molecule has 0 bridgehead atoms. The van der Waals surface area contributed by atoms with Gasteiger partial charge in [-0.1, -0.05) is 274 Å². The van der Waals surface area contributed by atoms with E-state index < -0.39 is 11.9 Å². The molecule has 0 aliphatic rings. The van der Waals surface area contributed by atoms with Gasteiger partial charge in [-0.05, 0) is 175 Å². The minimum atomic E-state index is -0.511. The first-order valence-corrected chi connectivity index (χ1v) is 48.7. The van der Waals surface area contributed by atoms with Crippen LogP contribution in [0.4, 0.5) is 0 Å². The molecule has 708 valence electrons. The highest BCUT2D eigenvalue weighted by atomic mass is 32.1. The molecule has 0 radical (unpaired) electrons. The zero-order valence-electron chi connectivity index (χ0n) is 75.5. The predicted octanol–water partition coefficient (Wildman–Crippen LogP) is 17.4. The Morgan fingerprint density at radius 1 is 0.348 bits per heavy atom. The zero-order valence-corrected chi connectivity index (χ0v) is 80.4. The van der Waals surface area contributed by atoms with Gasteiger partial charge in [0, 0.05) is 19.4 Å². The zero-order chi connectivity index (χ0) is 98.5. The Bertz CT molecular complexity index is 8250. The van der Waals surface area contributed by atoms with Crippen LogP contribution in [0.25, 0.3) is 60.5 Å². The molecule has 1 unspecified atom stereocenters. The van der Waals surface area contributed by atoms with Crippen LogP contribution < -0.4 is 69.3 Å². The number of nitrogens with one attached hydrogen (secondary N) is 3. The van der Waals surface area contributed by atoms with Gasteiger partial charge in [0.15, 0.2) is 11.6 Å². The van der Waals surface area contributed by atoms with Gasteiger partial charge < -0.3 is 35.9 Å². The van der Waals surface area contributed by atoms with E-state index in [9.17, 15) is 57.5 Å². The maximum atomic E-state index is 12.8. The van der Waals surface area contributed by atoms with Crippen LogP contribution in [0, 0.1) is 12.3 Å². The van der Waals surface area contributed by atoms with E-state index in [0.717, 1.165) is 67.7 Å². The van der Waals surface area contributed by atoms with Crippen molar-refractivity contribution in [1.29, 1.82) is 0 Å². The molecule has 5 N–H and O–H groups in total. The van der Waals surface area contributed by atoms with E-state index in [1.165, 1.54) is 89.0 Å². The van der Waals surface area contributed by atoms with Gasteiger partial charge in [0.25, 0.3) is 33.4 Å². The lowest BCUT2D eigenvalue weighted by Crippen LogP contribution is -2.30. The number of rotatable bonds is 29. The van der Waals surface area contributed by atoms with Crippen molar-refractivity contribution < 1.29 is 43.0 Å². The Labute approximate surface area is 829 Å². The molecule has 4 amide bonds. The van der Waals surface area contributed by atoms with Crippen molar-refractivity contribution in [2.75, 3.05) is 6.54 Å². The van der Waals surface area contributed by atoms with Crippen molar-refractivity contribution in [3.63, 3.8) is 0 Å². The highest BCUT2D eigenvalue weighted by Crippen LogP contribution is 2.29. The molecule has 0 fully saturated rings. The molecule has 1 atom stereocenters. The van der Waals surface area contributed by atoms with Gasteiger partial charge in [-0.3, -0.25) is 81.3 Å². The Morgan fingerprint density at radius 2 is 0.660 bits per heavy atom. The van der Waals surface area contributed by atoms with E-state index in [-0.39, 0.29) is 121 Å². The van der Waals surface area contributed by atoms with Gasteiger partial charge in [-0.15, -0.1) is 11.5 Å². The van der Waals surface area contributed by atoms with E-state index in [1.807, 2.05) is 291 Å². The summed E-state index contributed by atoms with van der Waals surface area (Å²) in [6.45, 7) is 3.29. The summed E-state index contributed by atoms with van der Waals surface area (Å²) in [5.74, 6) is 5.42. The second-order valence-electron chi connectivity index (χ2n) is 31.5. The van der Waals surface area contributed by atoms with E-state index in [1.54, 1.807) is 70.3 Å². The van der Waals surface area contributed by atoms with E-state index in [0.29, 0.717) is 68.3 Å². The molecular formula is C107H89N13O15S6. The first-order valence-electron chi connectivity index (χ1n) is 44.1. The lowest BCUT2D eigenvalue weighted by molar-refractivity contribution is -0.122. The minimum Gasteiger partial charge on any atom is -0.457 e. The Balaban J connectivity index is 0.000000130. The minimum absolute atomic E-state index is 0.00364. The second kappa shape index (κ2) is 48.4. The molecule has 141 heavy (non-hydrogen) atoms. The van der Waals surface area contributed by atoms with E-state index in [4.69, 9.17) is 26.4 Å². The predicted molar refractivity (Wildman–Crippen MR) is 558 cm³/mol. The van der Waals surface area contributed by atoms with Crippen LogP contribution in [0.1, 0.15) is 40.9 Å². The number of amides is 4. The summed E-state index contributed by atoms with van der Waals surface area (Å²) in [5.41, 5.74) is 8.69. The van der Waals surface area contributed by atoms with Gasteiger partial charge in [-0.2, -0.15) is 0 Å².